The number of nitrogens with zero attached hydrogens (tertiary/aromatic N) is 2. The molecule has 14 heavy (non-hydrogen) atoms. The van der Waals surface area contributed by atoms with E-state index < -0.39 is 0 Å². The lowest BCUT2D eigenvalue weighted by Gasteiger charge is -2.02. The molecule has 2 rings (SSSR count). The molecule has 0 radical (unpaired) electrons. The van der Waals surface area contributed by atoms with E-state index in [1.54, 1.807) is 12.5 Å². The Bertz CT molecular complexity index is 377. The molecule has 72 valence electrons. The van der Waals surface area contributed by atoms with Crippen molar-refractivity contribution in [3.63, 3.8) is 0 Å². The van der Waals surface area contributed by atoms with E-state index in [9.17, 15) is 0 Å². The molecule has 0 atom stereocenters. The Morgan fingerprint density at radius 3 is 2.93 bits per heavy atom. The fourth-order valence-corrected chi connectivity index (χ4v) is 1.15. The zero-order valence-electron chi connectivity index (χ0n) is 7.99. The summed E-state index contributed by atoms with van der Waals surface area (Å²) in [5.74, 6) is 0.922. The van der Waals surface area contributed by atoms with Gasteiger partial charge in [0.05, 0.1) is 12.5 Å². The molecule has 0 fully saturated rings. The van der Waals surface area contributed by atoms with Gasteiger partial charge in [-0.25, -0.2) is 4.98 Å². The van der Waals surface area contributed by atoms with Gasteiger partial charge in [0.25, 0.3) is 0 Å². The number of anilines is 1. The zero-order valence-corrected chi connectivity index (χ0v) is 7.99. The molecule has 2 aromatic heterocycles. The van der Waals surface area contributed by atoms with Gasteiger partial charge in [-0.3, -0.25) is 4.98 Å². The lowest BCUT2D eigenvalue weighted by molar-refractivity contribution is 1.07. The van der Waals surface area contributed by atoms with Gasteiger partial charge in [0.2, 0.25) is 0 Å². The van der Waals surface area contributed by atoms with Crippen LogP contribution in [0.25, 0.3) is 0 Å². The molecule has 4 heteroatoms. The molecule has 0 saturated heterocycles. The Morgan fingerprint density at radius 2 is 2.29 bits per heavy atom. The van der Waals surface area contributed by atoms with Crippen LogP contribution in [0, 0.1) is 6.92 Å². The predicted molar refractivity (Wildman–Crippen MR) is 54.9 cm³/mol. The second kappa shape index (κ2) is 3.91. The van der Waals surface area contributed by atoms with Crippen molar-refractivity contribution in [1.29, 1.82) is 0 Å². The highest BCUT2D eigenvalue weighted by Crippen LogP contribution is 2.03. The van der Waals surface area contributed by atoms with E-state index in [-0.39, 0.29) is 0 Å². The van der Waals surface area contributed by atoms with Crippen molar-refractivity contribution < 1.29 is 0 Å². The van der Waals surface area contributed by atoms with Gasteiger partial charge < -0.3 is 10.3 Å². The Hall–Kier alpha value is -1.84. The number of rotatable bonds is 3. The van der Waals surface area contributed by atoms with Crippen molar-refractivity contribution in [2.45, 2.75) is 13.5 Å². The first-order valence-corrected chi connectivity index (χ1v) is 4.48. The molecule has 0 aliphatic rings. The van der Waals surface area contributed by atoms with Crippen molar-refractivity contribution >= 4 is 5.82 Å². The maximum atomic E-state index is 4.21. The average Bonchev–Trinajstić information content (AvgIpc) is 2.70. The molecule has 2 N–H and O–H groups in total. The number of H-pyrrole nitrogens is 1. The first-order valence-electron chi connectivity index (χ1n) is 4.48. The van der Waals surface area contributed by atoms with Crippen molar-refractivity contribution in [2.75, 3.05) is 5.32 Å². The van der Waals surface area contributed by atoms with E-state index in [1.165, 1.54) is 0 Å². The number of pyridine rings is 1. The summed E-state index contributed by atoms with van der Waals surface area (Å²) in [6.45, 7) is 2.74. The number of aryl methyl sites for hydroxylation is 1. The summed E-state index contributed by atoms with van der Waals surface area (Å²) < 4.78 is 0. The molecule has 0 saturated carbocycles. The van der Waals surface area contributed by atoms with E-state index in [0.717, 1.165) is 23.6 Å². The van der Waals surface area contributed by atoms with Gasteiger partial charge in [0.1, 0.15) is 5.82 Å². The normalized spacial score (nSPS) is 10.1. The number of imidazole rings is 1. The topological polar surface area (TPSA) is 53.6 Å². The molecule has 0 aliphatic carbocycles. The van der Waals surface area contributed by atoms with Gasteiger partial charge in [-0.1, -0.05) is 6.07 Å². The molecule has 0 amide bonds. The summed E-state index contributed by atoms with van der Waals surface area (Å²) in [6.07, 6.45) is 5.27. The molecule has 0 spiro atoms. The van der Waals surface area contributed by atoms with E-state index in [2.05, 4.69) is 26.3 Å². The fourth-order valence-electron chi connectivity index (χ4n) is 1.15. The highest BCUT2D eigenvalue weighted by molar-refractivity contribution is 5.31. The highest BCUT2D eigenvalue weighted by Gasteiger charge is 1.94. The number of aromatic amines is 1. The van der Waals surface area contributed by atoms with Gasteiger partial charge >= 0.3 is 0 Å². The van der Waals surface area contributed by atoms with Crippen LogP contribution < -0.4 is 5.32 Å². The lowest BCUT2D eigenvalue weighted by atomic mass is 10.2. The molecular formula is C10H12N4. The van der Waals surface area contributed by atoms with E-state index in [1.807, 2.05) is 19.2 Å². The summed E-state index contributed by atoms with van der Waals surface area (Å²) in [4.78, 5) is 11.1. The molecule has 0 unspecified atom stereocenters. The third-order valence-corrected chi connectivity index (χ3v) is 1.95. The monoisotopic (exact) mass is 188 g/mol. The first-order chi connectivity index (χ1) is 6.84. The number of aromatic nitrogens is 3. The van der Waals surface area contributed by atoms with Gasteiger partial charge in [-0.05, 0) is 18.6 Å². The van der Waals surface area contributed by atoms with Crippen LogP contribution in [0.4, 0.5) is 5.82 Å². The highest BCUT2D eigenvalue weighted by atomic mass is 15.0. The third-order valence-electron chi connectivity index (χ3n) is 1.95. The molecule has 2 aromatic rings. The minimum Gasteiger partial charge on any atom is -0.366 e. The van der Waals surface area contributed by atoms with E-state index in [0.29, 0.717) is 0 Å². The maximum Gasteiger partial charge on any atom is 0.123 e. The molecule has 0 aliphatic heterocycles. The summed E-state index contributed by atoms with van der Waals surface area (Å²) in [7, 11) is 0. The van der Waals surface area contributed by atoms with Gasteiger partial charge in [0.15, 0.2) is 0 Å². The van der Waals surface area contributed by atoms with Crippen LogP contribution in [0.5, 0.6) is 0 Å². The Kier molecular flexibility index (Phi) is 2.44. The second-order valence-corrected chi connectivity index (χ2v) is 3.13. The van der Waals surface area contributed by atoms with Crippen LogP contribution in [0.1, 0.15) is 11.3 Å². The number of nitrogens with one attached hydrogen (secondary N) is 2. The molecular weight excluding hydrogens is 176 g/mol. The quantitative estimate of drug-likeness (QED) is 0.771. The Morgan fingerprint density at radius 1 is 1.36 bits per heavy atom. The van der Waals surface area contributed by atoms with Gasteiger partial charge in [0, 0.05) is 18.4 Å². The molecule has 0 bridgehead atoms. The first kappa shape index (κ1) is 8.74. The molecule has 4 nitrogen and oxygen atoms in total. The van der Waals surface area contributed by atoms with Crippen molar-refractivity contribution in [3.05, 3.63) is 42.1 Å². The van der Waals surface area contributed by atoms with Gasteiger partial charge in [-0.2, -0.15) is 0 Å². The Labute approximate surface area is 82.4 Å². The minimum absolute atomic E-state index is 0.759. The van der Waals surface area contributed by atoms with Crippen LogP contribution in [-0.4, -0.2) is 15.0 Å². The number of hydrogen-bond acceptors (Lipinski definition) is 3. The Balaban J connectivity index is 1.95. The van der Waals surface area contributed by atoms with Crippen molar-refractivity contribution in [2.24, 2.45) is 0 Å². The third kappa shape index (κ3) is 2.10. The second-order valence-electron chi connectivity index (χ2n) is 3.13. The zero-order chi connectivity index (χ0) is 9.80. The van der Waals surface area contributed by atoms with Crippen molar-refractivity contribution in [1.82, 2.24) is 15.0 Å². The SMILES string of the molecule is Cc1ccc(CNc2cnc[nH]2)cn1. The van der Waals surface area contributed by atoms with Crippen LogP contribution in [0.3, 0.4) is 0 Å². The predicted octanol–water partition coefficient (Wildman–Crippen LogP) is 1.73. The fraction of sp³-hybridized carbons (Fsp3) is 0.200. The summed E-state index contributed by atoms with van der Waals surface area (Å²) in [5, 5.41) is 3.20. The van der Waals surface area contributed by atoms with Crippen molar-refractivity contribution in [3.8, 4) is 0 Å². The van der Waals surface area contributed by atoms with Crippen LogP contribution >= 0.6 is 0 Å². The van der Waals surface area contributed by atoms with E-state index >= 15 is 0 Å². The van der Waals surface area contributed by atoms with Crippen LogP contribution in [0.15, 0.2) is 30.9 Å². The summed E-state index contributed by atoms with van der Waals surface area (Å²) in [5.41, 5.74) is 2.19. The van der Waals surface area contributed by atoms with Crippen LogP contribution in [0.2, 0.25) is 0 Å². The smallest absolute Gasteiger partial charge is 0.123 e. The summed E-state index contributed by atoms with van der Waals surface area (Å²) >= 11 is 0. The standard InChI is InChI=1S/C10H12N4/c1-8-2-3-9(4-12-8)5-13-10-6-11-7-14-10/h2-4,6-7,13H,5H2,1H3,(H,11,14). The van der Waals surface area contributed by atoms with Crippen LogP contribution in [-0.2, 0) is 6.54 Å². The van der Waals surface area contributed by atoms with E-state index in [4.69, 9.17) is 0 Å². The molecule has 2 heterocycles. The molecule has 0 aromatic carbocycles. The lowest BCUT2D eigenvalue weighted by Crippen LogP contribution is -1.99. The largest absolute Gasteiger partial charge is 0.366 e. The summed E-state index contributed by atoms with van der Waals surface area (Å²) in [6, 6.07) is 4.07. The minimum atomic E-state index is 0.759. The number of hydrogen-bond donors (Lipinski definition) is 2. The average molecular weight is 188 g/mol. The van der Waals surface area contributed by atoms with Gasteiger partial charge in [-0.15, -0.1) is 0 Å². The maximum absolute atomic E-state index is 4.21.